The Labute approximate surface area is 130 Å². The lowest BCUT2D eigenvalue weighted by molar-refractivity contribution is -0.163. The van der Waals surface area contributed by atoms with Crippen molar-refractivity contribution in [2.24, 2.45) is 5.73 Å². The molecule has 0 saturated carbocycles. The highest BCUT2D eigenvalue weighted by Gasteiger charge is 2.35. The first-order chi connectivity index (χ1) is 10.7. The molecule has 6 nitrogen and oxygen atoms in total. The standard InChI is InChI=1S/C14H16F3N3O3/c15-14(16,17)7-12(21)20-5-1-2-10(8-20)23-9-3-4-19-11(6-9)13(18)22/h3-4,6,10H,1-2,5,7-8H2,(H2,18,22). The van der Waals surface area contributed by atoms with Crippen molar-refractivity contribution < 1.29 is 27.5 Å². The van der Waals surface area contributed by atoms with Crippen LogP contribution in [0.2, 0.25) is 0 Å². The van der Waals surface area contributed by atoms with Crippen LogP contribution in [0.5, 0.6) is 5.75 Å². The second kappa shape index (κ2) is 6.84. The lowest BCUT2D eigenvalue weighted by atomic mass is 10.1. The van der Waals surface area contributed by atoms with Crippen LogP contribution in [-0.4, -0.2) is 47.1 Å². The SMILES string of the molecule is NC(=O)c1cc(OC2CCCN(C(=O)CC(F)(F)F)C2)ccn1. The minimum atomic E-state index is -4.52. The van der Waals surface area contributed by atoms with Crippen LogP contribution in [0.25, 0.3) is 0 Å². The molecule has 1 fully saturated rings. The zero-order valence-corrected chi connectivity index (χ0v) is 12.2. The molecule has 126 valence electrons. The molecule has 1 unspecified atom stereocenters. The van der Waals surface area contributed by atoms with Crippen LogP contribution in [-0.2, 0) is 4.79 Å². The monoisotopic (exact) mass is 331 g/mol. The van der Waals surface area contributed by atoms with Crippen LogP contribution in [0.15, 0.2) is 18.3 Å². The molecule has 2 N–H and O–H groups in total. The minimum absolute atomic E-state index is 0.0308. The Morgan fingerprint density at radius 3 is 2.83 bits per heavy atom. The number of nitrogens with two attached hydrogens (primary N) is 1. The van der Waals surface area contributed by atoms with Crippen molar-refractivity contribution >= 4 is 11.8 Å². The van der Waals surface area contributed by atoms with Crippen molar-refractivity contribution in [3.05, 3.63) is 24.0 Å². The number of hydrogen-bond donors (Lipinski definition) is 1. The van der Waals surface area contributed by atoms with Crippen LogP contribution >= 0.6 is 0 Å². The summed E-state index contributed by atoms with van der Waals surface area (Å²) in [6, 6.07) is 2.88. The van der Waals surface area contributed by atoms with Crippen LogP contribution in [0, 0.1) is 0 Å². The first-order valence-corrected chi connectivity index (χ1v) is 7.01. The highest BCUT2D eigenvalue weighted by atomic mass is 19.4. The lowest BCUT2D eigenvalue weighted by Gasteiger charge is -2.33. The molecule has 9 heteroatoms. The average Bonchev–Trinajstić information content (AvgIpc) is 2.46. The predicted octanol–water partition coefficient (Wildman–Crippen LogP) is 1.50. The number of alkyl halides is 3. The second-order valence-corrected chi connectivity index (χ2v) is 5.25. The molecule has 1 aromatic rings. The van der Waals surface area contributed by atoms with Gasteiger partial charge in [-0.15, -0.1) is 0 Å². The Kier molecular flexibility index (Phi) is 5.07. The molecule has 1 saturated heterocycles. The average molecular weight is 331 g/mol. The first-order valence-electron chi connectivity index (χ1n) is 7.01. The largest absolute Gasteiger partial charge is 0.488 e. The molecule has 0 aliphatic carbocycles. The Balaban J connectivity index is 1.97. The van der Waals surface area contributed by atoms with E-state index in [1.165, 1.54) is 18.3 Å². The number of aromatic nitrogens is 1. The number of hydrogen-bond acceptors (Lipinski definition) is 4. The number of carbonyl (C=O) groups is 2. The molecule has 1 aliphatic heterocycles. The van der Waals surface area contributed by atoms with Crippen molar-refractivity contribution in [2.75, 3.05) is 13.1 Å². The maximum Gasteiger partial charge on any atom is 0.397 e. The topological polar surface area (TPSA) is 85.5 Å². The number of rotatable bonds is 4. The normalized spacial score (nSPS) is 18.6. The van der Waals surface area contributed by atoms with E-state index in [4.69, 9.17) is 10.5 Å². The highest BCUT2D eigenvalue weighted by Crippen LogP contribution is 2.23. The quantitative estimate of drug-likeness (QED) is 0.906. The summed E-state index contributed by atoms with van der Waals surface area (Å²) in [5.74, 6) is -1.33. The maximum atomic E-state index is 12.3. The van der Waals surface area contributed by atoms with Crippen LogP contribution in [0.3, 0.4) is 0 Å². The third-order valence-corrected chi connectivity index (χ3v) is 3.37. The van der Waals surface area contributed by atoms with Gasteiger partial charge < -0.3 is 15.4 Å². The van der Waals surface area contributed by atoms with Gasteiger partial charge in [-0.05, 0) is 18.9 Å². The van der Waals surface area contributed by atoms with E-state index in [-0.39, 0.29) is 18.8 Å². The number of nitrogens with zero attached hydrogens (tertiary/aromatic N) is 2. The summed E-state index contributed by atoms with van der Waals surface area (Å²) >= 11 is 0. The summed E-state index contributed by atoms with van der Waals surface area (Å²) in [6.07, 6.45) is -3.94. The van der Waals surface area contributed by atoms with E-state index in [1.807, 2.05) is 0 Å². The summed E-state index contributed by atoms with van der Waals surface area (Å²) in [6.45, 7) is 0.348. The molecule has 23 heavy (non-hydrogen) atoms. The number of ether oxygens (including phenoxy) is 1. The third-order valence-electron chi connectivity index (χ3n) is 3.37. The Hall–Kier alpha value is -2.32. The van der Waals surface area contributed by atoms with Crippen molar-refractivity contribution in [2.45, 2.75) is 31.5 Å². The van der Waals surface area contributed by atoms with E-state index in [1.54, 1.807) is 0 Å². The summed E-state index contributed by atoms with van der Waals surface area (Å²) in [7, 11) is 0. The fourth-order valence-electron chi connectivity index (χ4n) is 2.36. The van der Waals surface area contributed by atoms with Gasteiger partial charge in [0.1, 0.15) is 24.0 Å². The van der Waals surface area contributed by atoms with Gasteiger partial charge in [0.15, 0.2) is 0 Å². The van der Waals surface area contributed by atoms with Gasteiger partial charge in [0.05, 0.1) is 6.54 Å². The fourth-order valence-corrected chi connectivity index (χ4v) is 2.36. The molecule has 0 spiro atoms. The molecule has 1 atom stereocenters. The summed E-state index contributed by atoms with van der Waals surface area (Å²) in [5, 5.41) is 0. The molecule has 0 aromatic carbocycles. The van der Waals surface area contributed by atoms with E-state index in [0.29, 0.717) is 18.6 Å². The van der Waals surface area contributed by atoms with E-state index in [0.717, 1.165) is 4.90 Å². The van der Waals surface area contributed by atoms with Gasteiger partial charge in [0.2, 0.25) is 5.91 Å². The number of piperidine rings is 1. The summed E-state index contributed by atoms with van der Waals surface area (Å²) in [5.41, 5.74) is 5.15. The number of amides is 2. The van der Waals surface area contributed by atoms with Crippen molar-refractivity contribution in [3.8, 4) is 5.75 Å². The van der Waals surface area contributed by atoms with Gasteiger partial charge in [-0.2, -0.15) is 13.2 Å². The summed E-state index contributed by atoms with van der Waals surface area (Å²) in [4.78, 5) is 27.6. The van der Waals surface area contributed by atoms with Gasteiger partial charge in [-0.25, -0.2) is 0 Å². The Morgan fingerprint density at radius 1 is 1.43 bits per heavy atom. The van der Waals surface area contributed by atoms with Crippen LogP contribution in [0.4, 0.5) is 13.2 Å². The predicted molar refractivity (Wildman–Crippen MR) is 73.7 cm³/mol. The Bertz CT molecular complexity index is 592. The Morgan fingerprint density at radius 2 is 2.17 bits per heavy atom. The molecule has 0 bridgehead atoms. The van der Waals surface area contributed by atoms with E-state index in [9.17, 15) is 22.8 Å². The molecule has 2 rings (SSSR count). The van der Waals surface area contributed by atoms with Gasteiger partial charge in [-0.1, -0.05) is 0 Å². The molecular formula is C14H16F3N3O3. The van der Waals surface area contributed by atoms with Gasteiger partial charge >= 0.3 is 6.18 Å². The molecule has 1 aromatic heterocycles. The van der Waals surface area contributed by atoms with Crippen molar-refractivity contribution in [1.29, 1.82) is 0 Å². The second-order valence-electron chi connectivity index (χ2n) is 5.25. The first kappa shape index (κ1) is 17.0. The summed E-state index contributed by atoms with van der Waals surface area (Å²) < 4.78 is 42.5. The van der Waals surface area contributed by atoms with Gasteiger partial charge in [0, 0.05) is 18.8 Å². The smallest absolute Gasteiger partial charge is 0.397 e. The maximum absolute atomic E-state index is 12.3. The van der Waals surface area contributed by atoms with E-state index >= 15 is 0 Å². The molecule has 2 heterocycles. The van der Waals surface area contributed by atoms with E-state index < -0.39 is 30.5 Å². The highest BCUT2D eigenvalue weighted by molar-refractivity contribution is 5.91. The molecule has 2 amide bonds. The third kappa shape index (κ3) is 5.11. The van der Waals surface area contributed by atoms with Crippen molar-refractivity contribution in [3.63, 3.8) is 0 Å². The van der Waals surface area contributed by atoms with Crippen molar-refractivity contribution in [1.82, 2.24) is 9.88 Å². The molecule has 0 radical (unpaired) electrons. The van der Waals surface area contributed by atoms with Crippen LogP contribution in [0.1, 0.15) is 29.8 Å². The number of halogens is 3. The number of pyridine rings is 1. The zero-order valence-electron chi connectivity index (χ0n) is 12.2. The number of carbonyl (C=O) groups excluding carboxylic acids is 2. The lowest BCUT2D eigenvalue weighted by Crippen LogP contribution is -2.45. The number of primary amides is 1. The number of likely N-dealkylation sites (tertiary alicyclic amines) is 1. The van der Waals surface area contributed by atoms with Gasteiger partial charge in [-0.3, -0.25) is 14.6 Å². The van der Waals surface area contributed by atoms with E-state index in [2.05, 4.69) is 4.98 Å². The zero-order chi connectivity index (χ0) is 17.0. The fraction of sp³-hybridized carbons (Fsp3) is 0.500. The molecule has 1 aliphatic rings. The van der Waals surface area contributed by atoms with Gasteiger partial charge in [0.25, 0.3) is 5.91 Å². The minimum Gasteiger partial charge on any atom is -0.488 e. The van der Waals surface area contributed by atoms with Crippen LogP contribution < -0.4 is 10.5 Å². The molecular weight excluding hydrogens is 315 g/mol.